The van der Waals surface area contributed by atoms with E-state index in [1.807, 2.05) is 6.07 Å². The van der Waals surface area contributed by atoms with Crippen molar-refractivity contribution < 1.29 is 49.7 Å². The number of rotatable bonds is 5. The van der Waals surface area contributed by atoms with Crippen LogP contribution in [0.25, 0.3) is 60.6 Å². The van der Waals surface area contributed by atoms with E-state index in [0.29, 0.717) is 9.80 Å². The predicted octanol–water partition coefficient (Wildman–Crippen LogP) is 16.7. The van der Waals surface area contributed by atoms with Crippen LogP contribution in [0.5, 0.6) is 0 Å². The summed E-state index contributed by atoms with van der Waals surface area (Å²) in [4.78, 5) is 2.15. The number of benzene rings is 10. The van der Waals surface area contributed by atoms with Gasteiger partial charge in [-0.3, -0.25) is 0 Å². The maximum absolute atomic E-state index is 11.6. The van der Waals surface area contributed by atoms with E-state index in [4.69, 9.17) is 14.0 Å². The molecule has 362 valence electrons. The van der Waals surface area contributed by atoms with Gasteiger partial charge in [0.25, 0.3) is 6.71 Å². The van der Waals surface area contributed by atoms with E-state index < -0.39 is 340 Å². The summed E-state index contributed by atoms with van der Waals surface area (Å²) in [6.45, 7) is 7.22. The van der Waals surface area contributed by atoms with Crippen LogP contribution in [0, 0.1) is 11.3 Å². The Morgan fingerprint density at radius 1 is 0.526 bits per heavy atom. The van der Waals surface area contributed by atoms with Gasteiger partial charge in [-0.25, -0.2) is 0 Å². The van der Waals surface area contributed by atoms with Crippen LogP contribution in [0.2, 0.25) is 0 Å². The number of furan rings is 1. The highest BCUT2D eigenvalue weighted by Crippen LogP contribution is 2.53. The molecule has 76 heavy (non-hydrogen) atoms. The fourth-order valence-electron chi connectivity index (χ4n) is 10.2. The number of hydrogen-bond acceptors (Lipinski definition) is 5. The Balaban J connectivity index is 1.19. The Kier molecular flexibility index (Phi) is 4.66. The van der Waals surface area contributed by atoms with E-state index >= 15 is 0 Å². The van der Waals surface area contributed by atoms with Crippen molar-refractivity contribution in [3.63, 3.8) is 0 Å². The first-order chi connectivity index (χ1) is 50.7. The summed E-state index contributed by atoms with van der Waals surface area (Å²) in [7, 11) is 0. The second-order valence-corrected chi connectivity index (χ2v) is 20.3. The molecule has 15 rings (SSSR count). The number of para-hydroxylation sites is 5. The highest BCUT2D eigenvalue weighted by molar-refractivity contribution is 7.00. The van der Waals surface area contributed by atoms with Gasteiger partial charge in [0.05, 0.1) is 85.0 Å². The van der Waals surface area contributed by atoms with Crippen molar-refractivity contribution in [1.29, 1.82) is 5.26 Å². The number of nitrogens with zero attached hydrogens (tertiary/aromatic N) is 5. The number of hydrogen-bond donors (Lipinski definition) is 0. The summed E-state index contributed by atoms with van der Waals surface area (Å²) in [5, 5.41) is 10.1. The first-order valence-electron chi connectivity index (χ1n) is 40.3. The second-order valence-electron chi connectivity index (χ2n) is 20.3. The SMILES string of the molecule is [2H]c1cc2c(oc3c([2H])c([2H])c([2H])c([2H])c32)c(-c2c([2H])c([2H])c(N3c4c([2H])c(N(c5c([2H])c([2H])c(C(C)(C)C)c([2H])c5[2H])c5c([2H])c([2H])c(C(C)(C)C)c([2H])c5[2H])c([2H])c([2H])c4B4c5c3c([2H])c(C#N)c([2H])c5N3c5c4c([2H])c([2H])c([2H])c5-n4c5c([2H])c([2H])c([2H])c([2H])c5c5c([2H])c([2H])c([2H])c3c54)c([2H])c2[2H])c1[2H]. The maximum Gasteiger partial charge on any atom is 0.252 e. The van der Waals surface area contributed by atoms with Crippen LogP contribution in [-0.4, -0.2) is 11.3 Å². The Morgan fingerprint density at radius 3 is 1.87 bits per heavy atom. The third-order valence-corrected chi connectivity index (χ3v) is 13.7. The Bertz CT molecular complexity index is 6320. The summed E-state index contributed by atoms with van der Waals surface area (Å²) in [6, 6.07) is -27.9. The molecule has 0 aliphatic carbocycles. The molecule has 0 fully saturated rings. The van der Waals surface area contributed by atoms with E-state index in [-0.39, 0.29) is 21.9 Å². The molecule has 0 amide bonds. The molecule has 0 bridgehead atoms. The second kappa shape index (κ2) is 15.9. The molecule has 0 N–H and O–H groups in total. The van der Waals surface area contributed by atoms with Gasteiger partial charge in [-0.2, -0.15) is 5.26 Å². The zero-order valence-corrected chi connectivity index (χ0v) is 40.8. The van der Waals surface area contributed by atoms with Gasteiger partial charge < -0.3 is 23.7 Å². The zero-order valence-electron chi connectivity index (χ0n) is 73.8. The van der Waals surface area contributed by atoms with Crippen molar-refractivity contribution in [2.24, 2.45) is 0 Å². The fourth-order valence-corrected chi connectivity index (χ4v) is 10.2. The lowest BCUT2D eigenvalue weighted by atomic mass is 9.33. The predicted molar refractivity (Wildman–Crippen MR) is 318 cm³/mol. The monoisotopic (exact) mass is 1010 g/mol. The van der Waals surface area contributed by atoms with Crippen LogP contribution < -0.4 is 31.1 Å². The number of fused-ring (bicyclic) bond motifs is 12. The molecular weight excluding hydrogens is 926 g/mol. The van der Waals surface area contributed by atoms with E-state index in [1.54, 1.807) is 41.5 Å². The summed E-state index contributed by atoms with van der Waals surface area (Å²) >= 11 is 0. The van der Waals surface area contributed by atoms with Gasteiger partial charge in [0.15, 0.2) is 0 Å². The minimum absolute atomic E-state index is 0.200. The molecule has 0 unspecified atom stereocenters. The van der Waals surface area contributed by atoms with Crippen LogP contribution in [0.15, 0.2) is 210 Å². The largest absolute Gasteiger partial charge is 0.455 e. The lowest BCUT2D eigenvalue weighted by molar-refractivity contribution is 0.590. The first kappa shape index (κ1) is 22.3. The van der Waals surface area contributed by atoms with Gasteiger partial charge in [-0.05, 0) is 129 Å². The molecule has 3 aliphatic heterocycles. The standard InChI is InChI=1S/C69H52BN5O/c1-68(2,3)44-26-32-46(33-27-44)72(47-34-28-45(29-35-47)69(4,5)6)49-36-37-55-60(40-49)73(48-30-24-43(25-31-48)50-16-11-18-54-52-15-8-10-23-63(52)76-67(50)54)61-38-42(41-71)39-62-64(61)70(55)56-19-13-22-59-66(56)75(62)58-21-12-17-53-51-14-7-9-20-57(51)74(59)65(53)58/h7-40H,1-6H3/i7D,8D,9D,10D,11D,12D,13D,14D,15D,16D,17D,19D,20D,21D,22D,23D,24D,25D,26D,27D,28D,29D,30D,31D,32D,33D,34D,35D,36D,37D,38D,39D,40D. The smallest absolute Gasteiger partial charge is 0.252 e. The number of aromatic nitrogens is 1. The van der Waals surface area contributed by atoms with E-state index in [0.717, 1.165) is 15.5 Å². The Hall–Kier alpha value is -9.25. The molecule has 7 heteroatoms. The van der Waals surface area contributed by atoms with Crippen molar-refractivity contribution in [2.75, 3.05) is 14.7 Å². The van der Waals surface area contributed by atoms with Gasteiger partial charge in [-0.15, -0.1) is 0 Å². The average molecular weight is 1010 g/mol. The molecule has 0 saturated heterocycles. The van der Waals surface area contributed by atoms with Gasteiger partial charge in [0.1, 0.15) is 11.2 Å². The van der Waals surface area contributed by atoms with Gasteiger partial charge in [0.2, 0.25) is 0 Å². The molecule has 5 heterocycles. The van der Waals surface area contributed by atoms with Crippen molar-refractivity contribution in [3.8, 4) is 22.9 Å². The lowest BCUT2D eigenvalue weighted by Gasteiger charge is -2.46. The van der Waals surface area contributed by atoms with Crippen LogP contribution in [-0.2, 0) is 10.8 Å². The van der Waals surface area contributed by atoms with Crippen LogP contribution in [0.1, 0.15) is 103 Å². The molecule has 10 aromatic carbocycles. The van der Waals surface area contributed by atoms with E-state index in [2.05, 4.69) is 0 Å². The topological polar surface area (TPSA) is 51.6 Å². The minimum atomic E-state index is -2.21. The van der Waals surface area contributed by atoms with Crippen molar-refractivity contribution in [3.05, 3.63) is 222 Å². The Morgan fingerprint density at radius 2 is 1.16 bits per heavy atom. The van der Waals surface area contributed by atoms with Crippen molar-refractivity contribution >= 4 is 118 Å². The molecule has 0 atom stereocenters. The summed E-state index contributed by atoms with van der Waals surface area (Å²) in [5.41, 5.74) is -17.7. The molecular formula is C69H52BN5O. The molecule has 2 aromatic heterocycles. The molecule has 0 saturated carbocycles. The normalized spacial score (nSPS) is 19.4. The molecule has 0 radical (unpaired) electrons. The van der Waals surface area contributed by atoms with E-state index in [1.165, 1.54) is 0 Å². The summed E-state index contributed by atoms with van der Waals surface area (Å²) in [5.74, 6) is 0. The Labute approximate surface area is 489 Å². The van der Waals surface area contributed by atoms with Crippen LogP contribution in [0.4, 0.5) is 51.2 Å². The van der Waals surface area contributed by atoms with Crippen molar-refractivity contribution in [2.45, 2.75) is 52.4 Å². The fraction of sp³-hybridized carbons (Fsp3) is 0.116. The molecule has 3 aliphatic rings. The third-order valence-electron chi connectivity index (χ3n) is 13.7. The molecule has 6 nitrogen and oxygen atoms in total. The molecule has 0 spiro atoms. The van der Waals surface area contributed by atoms with Crippen LogP contribution in [0.3, 0.4) is 0 Å². The maximum atomic E-state index is 11.6. The lowest BCUT2D eigenvalue weighted by Crippen LogP contribution is -2.61. The number of nitriles is 1. The summed E-state index contributed by atoms with van der Waals surface area (Å²) in [6.07, 6.45) is 0. The quantitative estimate of drug-likeness (QED) is 0.161. The average Bonchev–Trinajstić information content (AvgIpc) is 1.51. The van der Waals surface area contributed by atoms with Gasteiger partial charge in [0, 0.05) is 66.9 Å². The highest BCUT2D eigenvalue weighted by atomic mass is 16.3. The first-order valence-corrected chi connectivity index (χ1v) is 23.8. The van der Waals surface area contributed by atoms with Gasteiger partial charge >= 0.3 is 0 Å². The summed E-state index contributed by atoms with van der Waals surface area (Å²) < 4.78 is 327. The van der Waals surface area contributed by atoms with Crippen LogP contribution >= 0.6 is 0 Å². The number of anilines is 9. The van der Waals surface area contributed by atoms with Gasteiger partial charge in [-0.1, -0.05) is 162 Å². The minimum Gasteiger partial charge on any atom is -0.455 e. The zero-order chi connectivity index (χ0) is 80.1. The third kappa shape index (κ3) is 6.34. The highest BCUT2D eigenvalue weighted by Gasteiger charge is 2.46. The van der Waals surface area contributed by atoms with Crippen molar-refractivity contribution in [1.82, 2.24) is 4.57 Å². The van der Waals surface area contributed by atoms with E-state index in [9.17, 15) is 40.9 Å². The molecule has 12 aromatic rings.